The normalized spacial score (nSPS) is 11.8. The number of alkyl halides is 6. The summed E-state index contributed by atoms with van der Waals surface area (Å²) in [6, 6.07) is 9.52. The average Bonchev–Trinajstić information content (AvgIpc) is 2.86. The maximum Gasteiger partial charge on any atom is 0.417 e. The van der Waals surface area contributed by atoms with Gasteiger partial charge in [0, 0.05) is 19.0 Å². The van der Waals surface area contributed by atoms with Gasteiger partial charge in [0.05, 0.1) is 16.7 Å². The summed E-state index contributed by atoms with van der Waals surface area (Å²) in [5.41, 5.74) is -2.18. The van der Waals surface area contributed by atoms with Crippen LogP contribution in [0.1, 0.15) is 51.5 Å². The van der Waals surface area contributed by atoms with E-state index in [4.69, 9.17) is 9.84 Å². The molecule has 0 fully saturated rings. The minimum Gasteiger partial charge on any atom is -0.481 e. The largest absolute Gasteiger partial charge is 0.481 e. The molecule has 0 heterocycles. The standard InChI is InChI=1S/C28H24F7NO4/c1-2-17-13-21(6-3-18(17)4-8-25(37)38)40-22-12-16(11-20(29)15-22)9-10-36-26(39)23-7-5-19(27(30,31)32)14-24(23)28(33,34)35/h3,5-7,11-15H,2,4,8-10H2,1H3,(H,36,39)(H,37,38). The van der Waals surface area contributed by atoms with Crippen LogP contribution in [0.4, 0.5) is 30.7 Å². The van der Waals surface area contributed by atoms with E-state index in [-0.39, 0.29) is 31.2 Å². The highest BCUT2D eigenvalue weighted by molar-refractivity contribution is 5.96. The van der Waals surface area contributed by atoms with Crippen LogP contribution >= 0.6 is 0 Å². The Bertz CT molecular complexity index is 1380. The number of aliphatic carboxylic acids is 1. The first-order valence-corrected chi connectivity index (χ1v) is 12.0. The first kappa shape index (κ1) is 30.5. The Morgan fingerprint density at radius 2 is 1.57 bits per heavy atom. The van der Waals surface area contributed by atoms with Crippen molar-refractivity contribution in [3.8, 4) is 11.5 Å². The van der Waals surface area contributed by atoms with Gasteiger partial charge in [-0.25, -0.2) is 4.39 Å². The van der Waals surface area contributed by atoms with Gasteiger partial charge in [0.1, 0.15) is 17.3 Å². The van der Waals surface area contributed by atoms with Crippen molar-refractivity contribution in [3.05, 3.63) is 93.8 Å². The molecule has 3 aromatic carbocycles. The molecule has 2 N–H and O–H groups in total. The lowest BCUT2D eigenvalue weighted by Gasteiger charge is -2.16. The van der Waals surface area contributed by atoms with E-state index in [9.17, 15) is 40.3 Å². The second-order valence-electron chi connectivity index (χ2n) is 8.84. The molecule has 0 radical (unpaired) electrons. The molecule has 0 unspecified atom stereocenters. The van der Waals surface area contributed by atoms with Crippen LogP contribution in [0.5, 0.6) is 11.5 Å². The Labute approximate surface area is 224 Å². The van der Waals surface area contributed by atoms with Crippen LogP contribution in [-0.2, 0) is 36.4 Å². The van der Waals surface area contributed by atoms with Crippen molar-refractivity contribution in [1.29, 1.82) is 0 Å². The lowest BCUT2D eigenvalue weighted by atomic mass is 10.0. The van der Waals surface area contributed by atoms with Crippen LogP contribution < -0.4 is 10.1 Å². The molecule has 0 bridgehead atoms. The number of ether oxygens (including phenoxy) is 1. The Kier molecular flexibility index (Phi) is 9.44. The molecule has 5 nitrogen and oxygen atoms in total. The molecule has 0 saturated carbocycles. The van der Waals surface area contributed by atoms with Crippen LogP contribution in [-0.4, -0.2) is 23.5 Å². The molecule has 3 rings (SSSR count). The molecule has 0 aromatic heterocycles. The first-order valence-electron chi connectivity index (χ1n) is 12.0. The molecular formula is C28H24F7NO4. The minimum absolute atomic E-state index is 0.0177. The third kappa shape index (κ3) is 8.20. The van der Waals surface area contributed by atoms with Crippen LogP contribution in [0.25, 0.3) is 0 Å². The van der Waals surface area contributed by atoms with Gasteiger partial charge in [0.2, 0.25) is 0 Å². The van der Waals surface area contributed by atoms with E-state index in [2.05, 4.69) is 5.32 Å². The lowest BCUT2D eigenvalue weighted by molar-refractivity contribution is -0.143. The number of carboxylic acid groups (broad SMARTS) is 1. The summed E-state index contributed by atoms with van der Waals surface area (Å²) in [5.74, 6) is -2.34. The number of hydrogen-bond donors (Lipinski definition) is 2. The van der Waals surface area contributed by atoms with Crippen molar-refractivity contribution >= 4 is 11.9 Å². The number of aryl methyl sites for hydroxylation is 2. The monoisotopic (exact) mass is 571 g/mol. The summed E-state index contributed by atoms with van der Waals surface area (Å²) in [6.07, 6.45) is -9.33. The summed E-state index contributed by atoms with van der Waals surface area (Å²) in [6.45, 7) is 1.65. The molecule has 0 aliphatic heterocycles. The van der Waals surface area contributed by atoms with Crippen LogP contribution in [0, 0.1) is 5.82 Å². The fourth-order valence-electron chi connectivity index (χ4n) is 4.01. The molecule has 0 spiro atoms. The lowest BCUT2D eigenvalue weighted by Crippen LogP contribution is -2.28. The van der Waals surface area contributed by atoms with E-state index in [0.29, 0.717) is 36.3 Å². The molecule has 0 aliphatic rings. The molecule has 1 amide bonds. The zero-order chi connectivity index (χ0) is 29.7. The second kappa shape index (κ2) is 12.4. The molecule has 214 valence electrons. The predicted molar refractivity (Wildman–Crippen MR) is 131 cm³/mol. The number of nitrogens with one attached hydrogen (secondary N) is 1. The Hall–Kier alpha value is -4.09. The number of carbonyl (C=O) groups excluding carboxylic acids is 1. The summed E-state index contributed by atoms with van der Waals surface area (Å²) >= 11 is 0. The van der Waals surface area contributed by atoms with Gasteiger partial charge in [-0.05, 0) is 78.4 Å². The molecule has 3 aromatic rings. The topological polar surface area (TPSA) is 75.6 Å². The van der Waals surface area contributed by atoms with Gasteiger partial charge in [-0.1, -0.05) is 13.0 Å². The summed E-state index contributed by atoms with van der Waals surface area (Å²) < 4.78 is 98.6. The van der Waals surface area contributed by atoms with Gasteiger partial charge in [-0.2, -0.15) is 26.3 Å². The van der Waals surface area contributed by atoms with E-state index >= 15 is 0 Å². The Morgan fingerprint density at radius 1 is 0.850 bits per heavy atom. The zero-order valence-corrected chi connectivity index (χ0v) is 21.0. The number of rotatable bonds is 10. The summed E-state index contributed by atoms with van der Waals surface area (Å²) in [5, 5.41) is 11.1. The first-order chi connectivity index (χ1) is 18.7. The summed E-state index contributed by atoms with van der Waals surface area (Å²) in [4.78, 5) is 23.2. The minimum atomic E-state index is -5.20. The van der Waals surface area contributed by atoms with Crippen molar-refractivity contribution in [2.75, 3.05) is 6.54 Å². The zero-order valence-electron chi connectivity index (χ0n) is 21.0. The van der Waals surface area contributed by atoms with Crippen molar-refractivity contribution in [3.63, 3.8) is 0 Å². The van der Waals surface area contributed by atoms with E-state index < -0.39 is 46.7 Å². The highest BCUT2D eigenvalue weighted by Gasteiger charge is 2.39. The molecule has 12 heteroatoms. The van der Waals surface area contributed by atoms with Gasteiger partial charge in [-0.15, -0.1) is 0 Å². The van der Waals surface area contributed by atoms with Crippen LogP contribution in [0.2, 0.25) is 0 Å². The van der Waals surface area contributed by atoms with Crippen LogP contribution in [0.3, 0.4) is 0 Å². The maximum atomic E-state index is 14.2. The van der Waals surface area contributed by atoms with Gasteiger partial charge < -0.3 is 15.2 Å². The molecule has 40 heavy (non-hydrogen) atoms. The Morgan fingerprint density at radius 3 is 2.20 bits per heavy atom. The van der Waals surface area contributed by atoms with Crippen molar-refractivity contribution in [1.82, 2.24) is 5.32 Å². The number of amides is 1. The van der Waals surface area contributed by atoms with Crippen molar-refractivity contribution < 1.29 is 50.2 Å². The van der Waals surface area contributed by atoms with E-state index in [0.717, 1.165) is 23.3 Å². The maximum absolute atomic E-state index is 14.2. The number of carboxylic acids is 1. The molecule has 0 atom stereocenters. The number of benzene rings is 3. The molecule has 0 saturated heterocycles. The van der Waals surface area contributed by atoms with Gasteiger partial charge >= 0.3 is 18.3 Å². The van der Waals surface area contributed by atoms with E-state index in [1.165, 1.54) is 6.07 Å². The SMILES string of the molecule is CCc1cc(Oc2cc(F)cc(CCNC(=O)c3ccc(C(F)(F)F)cc3C(F)(F)F)c2)ccc1CCC(=O)O. The second-order valence-corrected chi connectivity index (χ2v) is 8.84. The smallest absolute Gasteiger partial charge is 0.417 e. The van der Waals surface area contributed by atoms with Gasteiger partial charge in [-0.3, -0.25) is 9.59 Å². The third-order valence-electron chi connectivity index (χ3n) is 5.93. The fraction of sp³-hybridized carbons (Fsp3) is 0.286. The van der Waals surface area contributed by atoms with Gasteiger partial charge in [0.25, 0.3) is 5.91 Å². The molecular weight excluding hydrogens is 547 g/mol. The Balaban J connectivity index is 1.70. The highest BCUT2D eigenvalue weighted by Crippen LogP contribution is 2.37. The number of carbonyl (C=O) groups is 2. The third-order valence-corrected chi connectivity index (χ3v) is 5.93. The number of halogens is 7. The van der Waals surface area contributed by atoms with Gasteiger partial charge in [0.15, 0.2) is 0 Å². The van der Waals surface area contributed by atoms with Crippen molar-refractivity contribution in [2.24, 2.45) is 0 Å². The van der Waals surface area contributed by atoms with E-state index in [1.54, 1.807) is 18.2 Å². The fourth-order valence-corrected chi connectivity index (χ4v) is 4.01. The van der Waals surface area contributed by atoms with Crippen molar-refractivity contribution in [2.45, 2.75) is 45.0 Å². The quantitative estimate of drug-likeness (QED) is 0.252. The number of hydrogen-bond acceptors (Lipinski definition) is 3. The predicted octanol–water partition coefficient (Wildman–Crippen LogP) is 7.21. The highest BCUT2D eigenvalue weighted by atomic mass is 19.4. The van der Waals surface area contributed by atoms with Crippen LogP contribution in [0.15, 0.2) is 54.6 Å². The molecule has 0 aliphatic carbocycles. The average molecular weight is 571 g/mol. The van der Waals surface area contributed by atoms with E-state index in [1.807, 2.05) is 6.92 Å². The summed E-state index contributed by atoms with van der Waals surface area (Å²) in [7, 11) is 0.